The smallest absolute Gasteiger partial charge is 0.251 e. The molecule has 0 spiro atoms. The number of carbonyl (C=O) groups excluding carboxylic acids is 1. The van der Waals surface area contributed by atoms with Crippen molar-refractivity contribution in [1.29, 1.82) is 0 Å². The van der Waals surface area contributed by atoms with Crippen LogP contribution in [0.15, 0.2) is 54.6 Å². The van der Waals surface area contributed by atoms with E-state index < -0.39 is 0 Å². The van der Waals surface area contributed by atoms with Gasteiger partial charge in [-0.3, -0.25) is 4.79 Å². The van der Waals surface area contributed by atoms with Gasteiger partial charge >= 0.3 is 0 Å². The highest BCUT2D eigenvalue weighted by molar-refractivity contribution is 5.94. The molecule has 0 radical (unpaired) electrons. The minimum absolute atomic E-state index is 0.0267. The Hall–Kier alpha value is -2.37. The van der Waals surface area contributed by atoms with Crippen molar-refractivity contribution >= 4 is 5.91 Å². The van der Waals surface area contributed by atoms with Crippen molar-refractivity contribution < 1.29 is 14.6 Å². The van der Waals surface area contributed by atoms with Crippen LogP contribution >= 0.6 is 0 Å². The third kappa shape index (κ3) is 4.28. The van der Waals surface area contributed by atoms with Crippen LogP contribution in [0.3, 0.4) is 0 Å². The van der Waals surface area contributed by atoms with Crippen LogP contribution in [0.5, 0.6) is 5.75 Å². The summed E-state index contributed by atoms with van der Waals surface area (Å²) in [6.07, 6.45) is 5.49. The molecule has 1 saturated heterocycles. The highest BCUT2D eigenvalue weighted by Gasteiger charge is 2.53. The molecule has 2 aromatic carbocycles. The first-order valence-corrected chi connectivity index (χ1v) is 12.0. The van der Waals surface area contributed by atoms with Crippen molar-refractivity contribution in [2.75, 3.05) is 26.7 Å². The monoisotopic (exact) mass is 434 g/mol. The molecule has 32 heavy (non-hydrogen) atoms. The summed E-state index contributed by atoms with van der Waals surface area (Å²) in [6, 6.07) is 17.2. The Kier molecular flexibility index (Phi) is 5.95. The quantitative estimate of drug-likeness (QED) is 0.722. The van der Waals surface area contributed by atoms with Gasteiger partial charge in [0.25, 0.3) is 5.91 Å². The number of aromatic hydroxyl groups is 1. The van der Waals surface area contributed by atoms with E-state index in [1.54, 1.807) is 13.2 Å². The zero-order valence-electron chi connectivity index (χ0n) is 18.9. The minimum atomic E-state index is -0.119. The summed E-state index contributed by atoms with van der Waals surface area (Å²) in [4.78, 5) is 15.6. The Bertz CT molecular complexity index is 945. The van der Waals surface area contributed by atoms with Crippen LogP contribution < -0.4 is 5.32 Å². The predicted molar refractivity (Wildman–Crippen MR) is 125 cm³/mol. The lowest BCUT2D eigenvalue weighted by atomic mass is 9.57. The number of hydrogen-bond donors (Lipinski definition) is 2. The number of phenolic OH excluding ortho intramolecular Hbond substituents is 1. The van der Waals surface area contributed by atoms with Gasteiger partial charge in [-0.2, -0.15) is 0 Å². The molecule has 2 aliphatic carbocycles. The van der Waals surface area contributed by atoms with Gasteiger partial charge in [-0.15, -0.1) is 0 Å². The van der Waals surface area contributed by atoms with E-state index in [1.807, 2.05) is 42.5 Å². The average molecular weight is 435 g/mol. The Labute approximate surface area is 190 Å². The van der Waals surface area contributed by atoms with Gasteiger partial charge < -0.3 is 20.1 Å². The maximum atomic E-state index is 12.9. The summed E-state index contributed by atoms with van der Waals surface area (Å²) in [7, 11) is 1.80. The van der Waals surface area contributed by atoms with Crippen LogP contribution in [-0.4, -0.2) is 54.8 Å². The zero-order valence-corrected chi connectivity index (χ0v) is 18.9. The number of amides is 1. The Morgan fingerprint density at radius 1 is 1.19 bits per heavy atom. The van der Waals surface area contributed by atoms with Crippen molar-refractivity contribution in [3.63, 3.8) is 0 Å². The predicted octanol–water partition coefficient (Wildman–Crippen LogP) is 3.97. The third-order valence-electron chi connectivity index (χ3n) is 7.92. The van der Waals surface area contributed by atoms with E-state index in [9.17, 15) is 9.90 Å². The molecule has 5 rings (SSSR count). The number of piperidine rings is 1. The van der Waals surface area contributed by atoms with E-state index in [-0.39, 0.29) is 23.5 Å². The molecule has 3 aliphatic rings. The normalized spacial score (nSPS) is 30.5. The summed E-state index contributed by atoms with van der Waals surface area (Å²) in [5, 5.41) is 13.6. The van der Waals surface area contributed by atoms with E-state index in [2.05, 4.69) is 16.3 Å². The number of nitrogens with zero attached hydrogens (tertiary/aromatic N) is 1. The number of carbonyl (C=O) groups is 1. The molecule has 0 aromatic heterocycles. The highest BCUT2D eigenvalue weighted by atomic mass is 16.5. The molecular formula is C27H34N2O3. The number of hydrogen-bond acceptors (Lipinski definition) is 4. The number of nitrogens with one attached hydrogen (secondary N) is 1. The van der Waals surface area contributed by atoms with Gasteiger partial charge in [-0.05, 0) is 74.4 Å². The molecule has 1 amide bonds. The lowest BCUT2D eigenvalue weighted by Gasteiger charge is -2.55. The van der Waals surface area contributed by atoms with Crippen molar-refractivity contribution in [2.45, 2.75) is 49.7 Å². The summed E-state index contributed by atoms with van der Waals surface area (Å²) < 4.78 is 6.08. The highest BCUT2D eigenvalue weighted by Crippen LogP contribution is 2.51. The number of rotatable bonds is 6. The number of phenols is 1. The fourth-order valence-electron chi connectivity index (χ4n) is 6.13. The van der Waals surface area contributed by atoms with Gasteiger partial charge in [0.15, 0.2) is 0 Å². The van der Waals surface area contributed by atoms with Gasteiger partial charge in [0.05, 0.1) is 6.10 Å². The molecular weight excluding hydrogens is 400 g/mol. The Morgan fingerprint density at radius 2 is 2.00 bits per heavy atom. The molecule has 2 saturated carbocycles. The molecule has 2 N–H and O–H groups in total. The molecule has 4 atom stereocenters. The van der Waals surface area contributed by atoms with E-state index in [4.69, 9.17) is 4.74 Å². The Morgan fingerprint density at radius 3 is 2.72 bits per heavy atom. The zero-order chi connectivity index (χ0) is 22.1. The lowest BCUT2D eigenvalue weighted by molar-refractivity contribution is -0.0678. The van der Waals surface area contributed by atoms with Crippen LogP contribution in [0, 0.1) is 11.8 Å². The van der Waals surface area contributed by atoms with E-state index in [1.165, 1.54) is 24.9 Å². The molecule has 1 aliphatic heterocycles. The number of ether oxygens (including phenoxy) is 1. The van der Waals surface area contributed by atoms with Gasteiger partial charge in [-0.25, -0.2) is 0 Å². The largest absolute Gasteiger partial charge is 0.508 e. The molecule has 170 valence electrons. The third-order valence-corrected chi connectivity index (χ3v) is 7.92. The minimum Gasteiger partial charge on any atom is -0.508 e. The van der Waals surface area contributed by atoms with Crippen LogP contribution in [0.25, 0.3) is 0 Å². The molecule has 3 fully saturated rings. The van der Waals surface area contributed by atoms with Crippen LogP contribution in [0.2, 0.25) is 0 Å². The fourth-order valence-corrected chi connectivity index (χ4v) is 6.13. The second kappa shape index (κ2) is 8.87. The van der Waals surface area contributed by atoms with Gasteiger partial charge in [0.1, 0.15) is 5.75 Å². The summed E-state index contributed by atoms with van der Waals surface area (Å²) in [6.45, 7) is 3.26. The standard InChI is InChI=1S/C27H34N2O3/c1-32-25-15-22(28-26(31)20-6-3-2-4-7-20)16-27(21-8-5-9-23(30)14-21)12-13-29(18-24(25)27)17-19-10-11-19/h2-9,14,19,22,24-25,30H,10-13,15-18H2,1H3,(H,28,31)/t22-,24?,25?,27?/m1/s1. The summed E-state index contributed by atoms with van der Waals surface area (Å²) >= 11 is 0. The topological polar surface area (TPSA) is 61.8 Å². The first-order chi connectivity index (χ1) is 15.6. The fraction of sp³-hybridized carbons (Fsp3) is 0.519. The van der Waals surface area contributed by atoms with Crippen molar-refractivity contribution in [3.05, 3.63) is 65.7 Å². The summed E-state index contributed by atoms with van der Waals surface area (Å²) in [5.41, 5.74) is 1.75. The summed E-state index contributed by atoms with van der Waals surface area (Å²) in [5.74, 6) is 1.49. The number of benzene rings is 2. The number of methoxy groups -OCH3 is 1. The maximum absolute atomic E-state index is 12.9. The lowest BCUT2D eigenvalue weighted by Crippen LogP contribution is -2.61. The van der Waals surface area contributed by atoms with Crippen LogP contribution in [-0.2, 0) is 10.2 Å². The van der Waals surface area contributed by atoms with Crippen LogP contribution in [0.1, 0.15) is 48.0 Å². The van der Waals surface area contributed by atoms with Gasteiger partial charge in [0, 0.05) is 43.1 Å². The number of likely N-dealkylation sites (tertiary alicyclic amines) is 1. The molecule has 5 heteroatoms. The van der Waals surface area contributed by atoms with E-state index in [0.29, 0.717) is 17.2 Å². The van der Waals surface area contributed by atoms with Gasteiger partial charge in [0.2, 0.25) is 0 Å². The molecule has 1 heterocycles. The molecule has 5 nitrogen and oxygen atoms in total. The maximum Gasteiger partial charge on any atom is 0.251 e. The average Bonchev–Trinajstić information content (AvgIpc) is 3.63. The van der Waals surface area contributed by atoms with Crippen molar-refractivity contribution in [1.82, 2.24) is 10.2 Å². The van der Waals surface area contributed by atoms with Gasteiger partial charge in [-0.1, -0.05) is 30.3 Å². The molecule has 2 aromatic rings. The SMILES string of the molecule is COC1C[C@@H](NC(=O)c2ccccc2)CC2(c3cccc(O)c3)CCN(CC3CC3)CC12. The van der Waals surface area contributed by atoms with Crippen molar-refractivity contribution in [2.24, 2.45) is 11.8 Å². The van der Waals surface area contributed by atoms with Crippen molar-refractivity contribution in [3.8, 4) is 5.75 Å². The first-order valence-electron chi connectivity index (χ1n) is 12.0. The first kappa shape index (κ1) is 21.5. The molecule has 3 unspecified atom stereocenters. The second-order valence-electron chi connectivity index (χ2n) is 10.0. The Balaban J connectivity index is 1.44. The second-order valence-corrected chi connectivity index (χ2v) is 10.0. The van der Waals surface area contributed by atoms with E-state index >= 15 is 0 Å². The number of fused-ring (bicyclic) bond motifs is 1. The molecule has 0 bridgehead atoms. The van der Waals surface area contributed by atoms with E-state index in [0.717, 1.165) is 38.3 Å². The van der Waals surface area contributed by atoms with Crippen LogP contribution in [0.4, 0.5) is 0 Å².